The predicted molar refractivity (Wildman–Crippen MR) is 114 cm³/mol. The molecule has 3 heterocycles. The van der Waals surface area contributed by atoms with Crippen molar-refractivity contribution in [1.82, 2.24) is 4.90 Å². The normalized spacial score (nSPS) is 23.5. The van der Waals surface area contributed by atoms with Gasteiger partial charge in [-0.15, -0.1) is 0 Å². The fraction of sp³-hybridized carbons (Fsp3) is 0.222. The maximum atomic E-state index is 12.7. The number of thioether (sulfide) groups is 1. The van der Waals surface area contributed by atoms with Gasteiger partial charge in [0.25, 0.3) is 5.91 Å². The van der Waals surface area contributed by atoms with Crippen LogP contribution < -0.4 is 0 Å². The van der Waals surface area contributed by atoms with Crippen molar-refractivity contribution < 1.29 is 17.6 Å². The highest BCUT2D eigenvalue weighted by molar-refractivity contribution is 9.10. The highest BCUT2D eigenvalue weighted by Gasteiger charge is 2.42. The lowest BCUT2D eigenvalue weighted by atomic mass is 10.2. The molecule has 2 aliphatic heterocycles. The molecule has 2 aromatic rings. The Hall–Kier alpha value is -1.42. The third-order valence-electron chi connectivity index (χ3n) is 4.41. The number of sulfone groups is 1. The number of nitrogens with zero attached hydrogens (tertiary/aromatic N) is 1. The van der Waals surface area contributed by atoms with E-state index in [1.165, 1.54) is 16.7 Å². The lowest BCUT2D eigenvalue weighted by Crippen LogP contribution is -2.39. The second kappa shape index (κ2) is 7.20. The van der Waals surface area contributed by atoms with Gasteiger partial charge in [0.15, 0.2) is 9.84 Å². The number of thiocarbonyl (C=S) groups is 1. The van der Waals surface area contributed by atoms with Gasteiger partial charge in [-0.1, -0.05) is 52.0 Å². The molecule has 0 radical (unpaired) electrons. The molecule has 1 amide bonds. The molecule has 27 heavy (non-hydrogen) atoms. The second-order valence-electron chi connectivity index (χ2n) is 6.32. The van der Waals surface area contributed by atoms with Crippen LogP contribution in [0.15, 0.2) is 50.2 Å². The first-order valence-electron chi connectivity index (χ1n) is 8.16. The Balaban J connectivity index is 1.57. The molecular weight excluding hydrogens is 470 g/mol. The molecule has 1 aromatic heterocycles. The standard InChI is InChI=1S/C18H14BrNO4S3/c19-12-3-1-2-11(8-12)15-5-4-14(24-15)9-16-17(21)20(18(25)26-16)13-6-7-27(22,23)10-13/h1-5,8-9,13H,6-7,10H2. The number of amides is 1. The van der Waals surface area contributed by atoms with Crippen molar-refractivity contribution in [3.63, 3.8) is 0 Å². The van der Waals surface area contributed by atoms with Crippen LogP contribution in [-0.2, 0) is 14.6 Å². The summed E-state index contributed by atoms with van der Waals surface area (Å²) < 4.78 is 30.6. The Morgan fingerprint density at radius 1 is 1.30 bits per heavy atom. The maximum absolute atomic E-state index is 12.7. The number of carbonyl (C=O) groups excluding carboxylic acids is 1. The Morgan fingerprint density at radius 3 is 2.81 bits per heavy atom. The van der Waals surface area contributed by atoms with Crippen molar-refractivity contribution in [1.29, 1.82) is 0 Å². The molecular formula is C18H14BrNO4S3. The van der Waals surface area contributed by atoms with Crippen molar-refractivity contribution in [3.05, 3.63) is 51.5 Å². The highest BCUT2D eigenvalue weighted by atomic mass is 79.9. The van der Waals surface area contributed by atoms with E-state index >= 15 is 0 Å². The van der Waals surface area contributed by atoms with Gasteiger partial charge in [-0.25, -0.2) is 8.42 Å². The lowest BCUT2D eigenvalue weighted by molar-refractivity contribution is -0.123. The van der Waals surface area contributed by atoms with Gasteiger partial charge in [-0.05, 0) is 30.7 Å². The molecule has 4 rings (SSSR count). The quantitative estimate of drug-likeness (QED) is 0.483. The van der Waals surface area contributed by atoms with Crippen LogP contribution in [0.3, 0.4) is 0 Å². The summed E-state index contributed by atoms with van der Waals surface area (Å²) in [6.45, 7) is 0. The zero-order chi connectivity index (χ0) is 19.2. The topological polar surface area (TPSA) is 67.6 Å². The number of rotatable bonds is 3. The SMILES string of the molecule is O=C1C(=Cc2ccc(-c3cccc(Br)c3)o2)SC(=S)N1C1CCS(=O)(=O)C1. The van der Waals surface area contributed by atoms with E-state index < -0.39 is 9.84 Å². The number of furan rings is 1. The Bertz CT molecular complexity index is 1070. The molecule has 1 aromatic carbocycles. The molecule has 140 valence electrons. The third kappa shape index (κ3) is 3.91. The Labute approximate surface area is 174 Å². The smallest absolute Gasteiger partial charge is 0.266 e. The van der Waals surface area contributed by atoms with E-state index in [1.807, 2.05) is 30.3 Å². The van der Waals surface area contributed by atoms with Gasteiger partial charge in [-0.3, -0.25) is 9.69 Å². The van der Waals surface area contributed by atoms with Gasteiger partial charge in [0.2, 0.25) is 0 Å². The average molecular weight is 484 g/mol. The van der Waals surface area contributed by atoms with Crippen molar-refractivity contribution in [3.8, 4) is 11.3 Å². The molecule has 0 aliphatic carbocycles. The summed E-state index contributed by atoms with van der Waals surface area (Å²) in [5.41, 5.74) is 0.924. The summed E-state index contributed by atoms with van der Waals surface area (Å²) in [5, 5.41) is 0. The summed E-state index contributed by atoms with van der Waals surface area (Å²) >= 11 is 9.93. The lowest BCUT2D eigenvalue weighted by Gasteiger charge is -2.20. The largest absolute Gasteiger partial charge is 0.457 e. The van der Waals surface area contributed by atoms with Crippen molar-refractivity contribution >= 4 is 66.1 Å². The maximum Gasteiger partial charge on any atom is 0.266 e. The van der Waals surface area contributed by atoms with Crippen LogP contribution in [0.1, 0.15) is 12.2 Å². The first-order valence-corrected chi connectivity index (χ1v) is 12.0. The van der Waals surface area contributed by atoms with E-state index in [4.69, 9.17) is 16.6 Å². The van der Waals surface area contributed by atoms with E-state index in [0.29, 0.717) is 27.2 Å². The minimum absolute atomic E-state index is 0.0273. The van der Waals surface area contributed by atoms with E-state index in [0.717, 1.165) is 10.0 Å². The molecule has 1 unspecified atom stereocenters. The predicted octanol–water partition coefficient (Wildman–Crippen LogP) is 4.10. The van der Waals surface area contributed by atoms with Gasteiger partial charge >= 0.3 is 0 Å². The minimum atomic E-state index is -3.09. The summed E-state index contributed by atoms with van der Waals surface area (Å²) in [5.74, 6) is 1.06. The Kier molecular flexibility index (Phi) is 5.04. The summed E-state index contributed by atoms with van der Waals surface area (Å²) in [6.07, 6.45) is 2.08. The fourth-order valence-corrected chi connectivity index (χ4v) is 6.61. The van der Waals surface area contributed by atoms with E-state index in [2.05, 4.69) is 15.9 Å². The molecule has 2 saturated heterocycles. The molecule has 2 aliphatic rings. The number of hydrogen-bond acceptors (Lipinski definition) is 6. The van der Waals surface area contributed by atoms with E-state index in [1.54, 1.807) is 12.1 Å². The van der Waals surface area contributed by atoms with E-state index in [9.17, 15) is 13.2 Å². The summed E-state index contributed by atoms with van der Waals surface area (Å²) in [6, 6.07) is 11.0. The van der Waals surface area contributed by atoms with Gasteiger partial charge < -0.3 is 4.42 Å². The van der Waals surface area contributed by atoms with Gasteiger partial charge in [0.05, 0.1) is 22.5 Å². The van der Waals surface area contributed by atoms with Gasteiger partial charge in [0.1, 0.15) is 15.8 Å². The van der Waals surface area contributed by atoms with Crippen LogP contribution in [-0.4, -0.2) is 41.1 Å². The zero-order valence-corrected chi connectivity index (χ0v) is 18.0. The number of benzene rings is 1. The molecule has 1 atom stereocenters. The van der Waals surface area contributed by atoms with Crippen LogP contribution in [0.4, 0.5) is 0 Å². The minimum Gasteiger partial charge on any atom is -0.457 e. The van der Waals surface area contributed by atoms with Crippen molar-refractivity contribution in [2.24, 2.45) is 0 Å². The van der Waals surface area contributed by atoms with Crippen molar-refractivity contribution in [2.75, 3.05) is 11.5 Å². The molecule has 0 saturated carbocycles. The van der Waals surface area contributed by atoms with E-state index in [-0.39, 0.29) is 23.5 Å². The third-order valence-corrected chi connectivity index (χ3v) is 7.98. The average Bonchev–Trinajstić information content (AvgIpc) is 3.27. The monoisotopic (exact) mass is 483 g/mol. The van der Waals surface area contributed by atoms with Crippen LogP contribution >= 0.6 is 39.9 Å². The Morgan fingerprint density at radius 2 is 2.11 bits per heavy atom. The van der Waals surface area contributed by atoms with Crippen molar-refractivity contribution in [2.45, 2.75) is 12.5 Å². The second-order valence-corrected chi connectivity index (χ2v) is 11.1. The van der Waals surface area contributed by atoms with Gasteiger partial charge in [0, 0.05) is 16.1 Å². The molecule has 2 fully saturated rings. The molecule has 0 bridgehead atoms. The van der Waals surface area contributed by atoms with Crippen LogP contribution in [0.5, 0.6) is 0 Å². The number of carbonyl (C=O) groups is 1. The highest BCUT2D eigenvalue weighted by Crippen LogP contribution is 2.37. The first-order chi connectivity index (χ1) is 12.8. The summed E-state index contributed by atoms with van der Waals surface area (Å²) in [4.78, 5) is 14.6. The van der Waals surface area contributed by atoms with Crippen LogP contribution in [0.25, 0.3) is 17.4 Å². The fourth-order valence-electron chi connectivity index (χ4n) is 3.13. The molecule has 0 N–H and O–H groups in total. The van der Waals surface area contributed by atoms with Crippen LogP contribution in [0, 0.1) is 0 Å². The zero-order valence-electron chi connectivity index (χ0n) is 13.9. The molecule has 0 spiro atoms. The van der Waals surface area contributed by atoms with Crippen LogP contribution in [0.2, 0.25) is 0 Å². The first kappa shape index (κ1) is 18.9. The number of hydrogen-bond donors (Lipinski definition) is 0. The number of halogens is 1. The van der Waals surface area contributed by atoms with Gasteiger partial charge in [-0.2, -0.15) is 0 Å². The molecule has 9 heteroatoms. The summed E-state index contributed by atoms with van der Waals surface area (Å²) in [7, 11) is -3.09. The molecule has 5 nitrogen and oxygen atoms in total.